The number of hydrogen-bond acceptors (Lipinski definition) is 4. The Morgan fingerprint density at radius 2 is 1.74 bits per heavy atom. The zero-order valence-corrected chi connectivity index (χ0v) is 15.7. The van der Waals surface area contributed by atoms with Gasteiger partial charge in [0.05, 0.1) is 5.75 Å². The summed E-state index contributed by atoms with van der Waals surface area (Å²) in [6.45, 7) is 7.25. The van der Waals surface area contributed by atoms with E-state index in [2.05, 4.69) is 0 Å². The number of fused-ring (bicyclic) bond motifs is 2. The Kier molecular flexibility index (Phi) is 5.31. The Morgan fingerprint density at radius 3 is 2.17 bits per heavy atom. The summed E-state index contributed by atoms with van der Waals surface area (Å²) in [5, 5.41) is 0. The molecule has 0 saturated carbocycles. The van der Waals surface area contributed by atoms with E-state index in [0.717, 1.165) is 19.3 Å². The molecule has 3 atom stereocenters. The number of carbonyl (C=O) groups is 1. The first-order valence-corrected chi connectivity index (χ1v) is 10.1. The molecule has 1 amide bonds. The second-order valence-corrected chi connectivity index (χ2v) is 9.85. The quantitative estimate of drug-likeness (QED) is 0.788. The molecule has 2 saturated heterocycles. The third-order valence-electron chi connectivity index (χ3n) is 4.80. The summed E-state index contributed by atoms with van der Waals surface area (Å²) >= 11 is 0. The summed E-state index contributed by atoms with van der Waals surface area (Å²) in [5.74, 6) is 0.145. The number of rotatable bonds is 3. The van der Waals surface area contributed by atoms with Gasteiger partial charge in [0.2, 0.25) is 10.0 Å². The molecular weight excluding hydrogens is 316 g/mol. The number of sulfonamides is 1. The van der Waals surface area contributed by atoms with Crippen LogP contribution in [-0.2, 0) is 14.8 Å². The molecule has 2 aliphatic rings. The van der Waals surface area contributed by atoms with Gasteiger partial charge in [-0.1, -0.05) is 6.42 Å². The van der Waals surface area contributed by atoms with E-state index in [1.165, 1.54) is 0 Å². The van der Waals surface area contributed by atoms with Crippen molar-refractivity contribution in [2.24, 2.45) is 0 Å². The Labute approximate surface area is 140 Å². The van der Waals surface area contributed by atoms with Crippen LogP contribution < -0.4 is 0 Å². The van der Waals surface area contributed by atoms with Crippen LogP contribution >= 0.6 is 0 Å². The normalized spacial score (nSPS) is 29.2. The summed E-state index contributed by atoms with van der Waals surface area (Å²) in [4.78, 5) is 13.9. The zero-order valence-electron chi connectivity index (χ0n) is 14.9. The first-order valence-electron chi connectivity index (χ1n) is 8.52. The number of hydrogen-bond donors (Lipinski definition) is 0. The summed E-state index contributed by atoms with van der Waals surface area (Å²) in [5.41, 5.74) is -0.520. The zero-order chi connectivity index (χ0) is 17.4. The van der Waals surface area contributed by atoms with Crippen LogP contribution in [0.4, 0.5) is 4.79 Å². The van der Waals surface area contributed by atoms with Gasteiger partial charge >= 0.3 is 6.09 Å². The highest BCUT2D eigenvalue weighted by Gasteiger charge is 2.45. The van der Waals surface area contributed by atoms with Gasteiger partial charge in [0.1, 0.15) is 5.60 Å². The molecule has 2 fully saturated rings. The molecule has 0 radical (unpaired) electrons. The SMILES string of the molecule is CCS(=O)(=O)N1[C@@H]2CCC[C@H]1C[C@H](N(C)C(=O)OC(C)(C)C)C2. The van der Waals surface area contributed by atoms with Crippen LogP contribution in [0.5, 0.6) is 0 Å². The fraction of sp³-hybridized carbons (Fsp3) is 0.938. The Bertz CT molecular complexity index is 527. The number of ether oxygens (including phenoxy) is 1. The van der Waals surface area contributed by atoms with Crippen LogP contribution in [0.15, 0.2) is 0 Å². The minimum absolute atomic E-state index is 0.0161. The van der Waals surface area contributed by atoms with Gasteiger partial charge in [0.15, 0.2) is 0 Å². The second-order valence-electron chi connectivity index (χ2n) is 7.69. The molecule has 0 N–H and O–H groups in total. The van der Waals surface area contributed by atoms with Gasteiger partial charge in [-0.15, -0.1) is 0 Å². The molecule has 134 valence electrons. The van der Waals surface area contributed by atoms with Crippen LogP contribution in [0, 0.1) is 0 Å². The Hall–Kier alpha value is -0.820. The van der Waals surface area contributed by atoms with Gasteiger partial charge in [-0.05, 0) is 53.4 Å². The minimum atomic E-state index is -3.18. The number of carbonyl (C=O) groups excluding carboxylic acids is 1. The van der Waals surface area contributed by atoms with Crippen molar-refractivity contribution in [3.8, 4) is 0 Å². The second kappa shape index (κ2) is 6.59. The largest absolute Gasteiger partial charge is 0.444 e. The molecule has 2 bridgehead atoms. The molecule has 7 heteroatoms. The molecular formula is C16H30N2O4S. The van der Waals surface area contributed by atoms with E-state index in [1.54, 1.807) is 23.2 Å². The molecule has 0 spiro atoms. The van der Waals surface area contributed by atoms with Gasteiger partial charge in [-0.25, -0.2) is 13.2 Å². The molecule has 6 nitrogen and oxygen atoms in total. The van der Waals surface area contributed by atoms with E-state index < -0.39 is 15.6 Å². The maximum absolute atomic E-state index is 12.4. The maximum atomic E-state index is 12.4. The predicted molar refractivity (Wildman–Crippen MR) is 89.7 cm³/mol. The number of piperidine rings is 2. The highest BCUT2D eigenvalue weighted by Crippen LogP contribution is 2.38. The molecule has 0 aromatic carbocycles. The van der Waals surface area contributed by atoms with Gasteiger partial charge in [0.25, 0.3) is 0 Å². The smallest absolute Gasteiger partial charge is 0.410 e. The van der Waals surface area contributed by atoms with Crippen molar-refractivity contribution in [3.63, 3.8) is 0 Å². The van der Waals surface area contributed by atoms with Crippen molar-refractivity contribution in [3.05, 3.63) is 0 Å². The van der Waals surface area contributed by atoms with Crippen LogP contribution in [0.3, 0.4) is 0 Å². The van der Waals surface area contributed by atoms with Crippen LogP contribution in [0.2, 0.25) is 0 Å². The monoisotopic (exact) mass is 346 g/mol. The first-order chi connectivity index (χ1) is 10.5. The average molecular weight is 346 g/mol. The Balaban J connectivity index is 2.11. The summed E-state index contributed by atoms with van der Waals surface area (Å²) in [7, 11) is -1.42. The summed E-state index contributed by atoms with van der Waals surface area (Å²) in [6, 6.07) is 0.0770. The molecule has 2 aliphatic heterocycles. The van der Waals surface area contributed by atoms with Crippen LogP contribution in [0.1, 0.15) is 59.8 Å². The highest BCUT2D eigenvalue weighted by molar-refractivity contribution is 7.89. The van der Waals surface area contributed by atoms with E-state index in [0.29, 0.717) is 12.8 Å². The highest BCUT2D eigenvalue weighted by atomic mass is 32.2. The first kappa shape index (κ1) is 18.5. The van der Waals surface area contributed by atoms with Gasteiger partial charge in [-0.3, -0.25) is 0 Å². The molecule has 2 heterocycles. The standard InChI is InChI=1S/C16H30N2O4S/c1-6-23(20,21)18-12-8-7-9-13(18)11-14(10-12)17(5)15(19)22-16(2,3)4/h12-14H,6-11H2,1-5H3/t12-,13+,14-. The van der Waals surface area contributed by atoms with Crippen LogP contribution in [-0.4, -0.2) is 60.2 Å². The molecule has 0 aromatic rings. The summed E-state index contributed by atoms with van der Waals surface area (Å²) < 4.78 is 32.0. The lowest BCUT2D eigenvalue weighted by Gasteiger charge is -2.49. The van der Waals surface area contributed by atoms with Crippen molar-refractivity contribution in [1.29, 1.82) is 0 Å². The Morgan fingerprint density at radius 1 is 1.22 bits per heavy atom. The predicted octanol–water partition coefficient (Wildman–Crippen LogP) is 2.59. The van der Waals surface area contributed by atoms with E-state index in [1.807, 2.05) is 20.8 Å². The third-order valence-corrected chi connectivity index (χ3v) is 6.77. The van der Waals surface area contributed by atoms with Crippen molar-refractivity contribution in [2.45, 2.75) is 83.5 Å². The fourth-order valence-electron chi connectivity index (χ4n) is 3.71. The minimum Gasteiger partial charge on any atom is -0.444 e. The van der Waals surface area contributed by atoms with Crippen molar-refractivity contribution >= 4 is 16.1 Å². The van der Waals surface area contributed by atoms with Gasteiger partial charge < -0.3 is 9.64 Å². The number of amides is 1. The van der Waals surface area contributed by atoms with E-state index >= 15 is 0 Å². The molecule has 23 heavy (non-hydrogen) atoms. The maximum Gasteiger partial charge on any atom is 0.410 e. The lowest BCUT2D eigenvalue weighted by Crippen LogP contribution is -2.59. The van der Waals surface area contributed by atoms with Crippen molar-refractivity contribution < 1.29 is 17.9 Å². The summed E-state index contributed by atoms with van der Waals surface area (Å²) in [6.07, 6.45) is 3.90. The molecule has 0 aliphatic carbocycles. The lowest BCUT2D eigenvalue weighted by atomic mass is 9.83. The van der Waals surface area contributed by atoms with E-state index in [-0.39, 0.29) is 30.0 Å². The number of nitrogens with zero attached hydrogens (tertiary/aromatic N) is 2. The van der Waals surface area contributed by atoms with Gasteiger partial charge in [0, 0.05) is 25.2 Å². The van der Waals surface area contributed by atoms with E-state index in [4.69, 9.17) is 4.74 Å². The van der Waals surface area contributed by atoms with Crippen LogP contribution in [0.25, 0.3) is 0 Å². The fourth-order valence-corrected chi connectivity index (χ4v) is 5.30. The van der Waals surface area contributed by atoms with Gasteiger partial charge in [-0.2, -0.15) is 4.31 Å². The van der Waals surface area contributed by atoms with E-state index in [9.17, 15) is 13.2 Å². The molecule has 0 aromatic heterocycles. The van der Waals surface area contributed by atoms with Crippen molar-refractivity contribution in [2.75, 3.05) is 12.8 Å². The molecule has 2 rings (SSSR count). The third kappa shape index (κ3) is 4.18. The van der Waals surface area contributed by atoms with Crippen molar-refractivity contribution in [1.82, 2.24) is 9.21 Å². The average Bonchev–Trinajstić information content (AvgIpc) is 2.43. The molecule has 0 unspecified atom stereocenters. The lowest BCUT2D eigenvalue weighted by molar-refractivity contribution is 0.00412. The topological polar surface area (TPSA) is 66.9 Å².